The fourth-order valence-corrected chi connectivity index (χ4v) is 2.24. The smallest absolute Gasteiger partial charge is 0.244 e. The molecule has 24 heavy (non-hydrogen) atoms. The zero-order valence-corrected chi connectivity index (χ0v) is 12.6. The number of hydrogen-bond donors (Lipinski definition) is 2. The van der Waals surface area contributed by atoms with Gasteiger partial charge in [-0.15, -0.1) is 5.10 Å². The zero-order chi connectivity index (χ0) is 16.2. The highest BCUT2D eigenvalue weighted by atomic mass is 16.7. The van der Waals surface area contributed by atoms with Gasteiger partial charge in [-0.2, -0.15) is 10.1 Å². The van der Waals surface area contributed by atoms with Gasteiger partial charge in [0.05, 0.1) is 6.20 Å². The molecule has 0 unspecified atom stereocenters. The lowest BCUT2D eigenvalue weighted by Gasteiger charge is -2.08. The van der Waals surface area contributed by atoms with E-state index in [-0.39, 0.29) is 6.79 Å². The van der Waals surface area contributed by atoms with E-state index in [1.54, 1.807) is 18.6 Å². The number of ether oxygens (including phenoxy) is 2. The molecule has 3 aromatic rings. The minimum atomic E-state index is 0.247. The van der Waals surface area contributed by atoms with E-state index in [1.807, 2.05) is 30.3 Å². The molecule has 1 aliphatic rings. The van der Waals surface area contributed by atoms with Crippen molar-refractivity contribution in [2.75, 3.05) is 17.4 Å². The maximum Gasteiger partial charge on any atom is 0.244 e. The third kappa shape index (κ3) is 3.17. The molecule has 0 saturated heterocycles. The van der Waals surface area contributed by atoms with Crippen LogP contribution in [0.25, 0.3) is 0 Å². The minimum absolute atomic E-state index is 0.247. The Balaban J connectivity index is 1.44. The van der Waals surface area contributed by atoms with Crippen molar-refractivity contribution in [3.8, 4) is 11.5 Å². The van der Waals surface area contributed by atoms with Gasteiger partial charge >= 0.3 is 0 Å². The van der Waals surface area contributed by atoms with Crippen molar-refractivity contribution in [1.29, 1.82) is 0 Å². The van der Waals surface area contributed by atoms with Crippen LogP contribution in [-0.4, -0.2) is 27.0 Å². The van der Waals surface area contributed by atoms with Crippen LogP contribution in [0.1, 0.15) is 5.56 Å². The number of nitrogens with one attached hydrogen (secondary N) is 2. The van der Waals surface area contributed by atoms with Crippen LogP contribution in [0.2, 0.25) is 0 Å². The summed E-state index contributed by atoms with van der Waals surface area (Å²) in [6.07, 6.45) is 5.05. The van der Waals surface area contributed by atoms with E-state index in [9.17, 15) is 0 Å². The van der Waals surface area contributed by atoms with Gasteiger partial charge in [0.1, 0.15) is 0 Å². The second kappa shape index (κ2) is 6.37. The summed E-state index contributed by atoms with van der Waals surface area (Å²) in [5, 5.41) is 14.2. The number of benzene rings is 1. The van der Waals surface area contributed by atoms with Crippen molar-refractivity contribution in [2.24, 2.45) is 0 Å². The van der Waals surface area contributed by atoms with Crippen molar-refractivity contribution in [2.45, 2.75) is 6.54 Å². The highest BCUT2D eigenvalue weighted by molar-refractivity contribution is 5.61. The first kappa shape index (κ1) is 14.2. The fraction of sp³-hybridized carbons (Fsp3) is 0.125. The second-order valence-corrected chi connectivity index (χ2v) is 5.07. The van der Waals surface area contributed by atoms with Crippen molar-refractivity contribution in [1.82, 2.24) is 20.2 Å². The summed E-state index contributed by atoms with van der Waals surface area (Å²) >= 11 is 0. The Morgan fingerprint density at radius 3 is 2.83 bits per heavy atom. The Labute approximate surface area is 137 Å². The van der Waals surface area contributed by atoms with Gasteiger partial charge in [0, 0.05) is 30.7 Å². The summed E-state index contributed by atoms with van der Waals surface area (Å²) in [4.78, 5) is 8.38. The van der Waals surface area contributed by atoms with Gasteiger partial charge in [-0.3, -0.25) is 4.98 Å². The number of pyridine rings is 1. The van der Waals surface area contributed by atoms with Gasteiger partial charge in [0.25, 0.3) is 0 Å². The second-order valence-electron chi connectivity index (χ2n) is 5.07. The number of fused-ring (bicyclic) bond motifs is 1. The zero-order valence-electron chi connectivity index (χ0n) is 12.6. The van der Waals surface area contributed by atoms with Crippen molar-refractivity contribution < 1.29 is 9.47 Å². The van der Waals surface area contributed by atoms with Crippen LogP contribution in [0.3, 0.4) is 0 Å². The van der Waals surface area contributed by atoms with Crippen LogP contribution in [0.5, 0.6) is 11.5 Å². The number of rotatable bonds is 5. The lowest BCUT2D eigenvalue weighted by Crippen LogP contribution is -2.06. The Morgan fingerprint density at radius 2 is 1.92 bits per heavy atom. The summed E-state index contributed by atoms with van der Waals surface area (Å²) in [6, 6.07) is 9.44. The highest BCUT2D eigenvalue weighted by Crippen LogP contribution is 2.34. The molecule has 2 N–H and O–H groups in total. The molecule has 8 nitrogen and oxygen atoms in total. The summed E-state index contributed by atoms with van der Waals surface area (Å²) in [7, 11) is 0. The van der Waals surface area contributed by atoms with E-state index in [0.717, 1.165) is 17.0 Å². The molecule has 0 spiro atoms. The standard InChI is InChI=1S/C16H14N6O2/c1-2-13-14(24-10-23-13)7-12(1)20-15-9-19-22-16(21-15)18-8-11-3-5-17-6-4-11/h1-7,9H,8,10H2,(H2,18,20,21,22). The Hall–Kier alpha value is -3.42. The Morgan fingerprint density at radius 1 is 1.04 bits per heavy atom. The van der Waals surface area contributed by atoms with E-state index in [2.05, 4.69) is 30.8 Å². The van der Waals surface area contributed by atoms with E-state index in [1.165, 1.54) is 0 Å². The normalized spacial score (nSPS) is 12.0. The van der Waals surface area contributed by atoms with Gasteiger partial charge in [-0.25, -0.2) is 0 Å². The number of anilines is 3. The van der Waals surface area contributed by atoms with Crippen molar-refractivity contribution in [3.05, 3.63) is 54.5 Å². The molecule has 2 aromatic heterocycles. The summed E-state index contributed by atoms with van der Waals surface area (Å²) in [6.45, 7) is 0.842. The lowest BCUT2D eigenvalue weighted by atomic mass is 10.3. The average Bonchev–Trinajstić information content (AvgIpc) is 3.09. The number of hydrogen-bond acceptors (Lipinski definition) is 8. The van der Waals surface area contributed by atoms with Gasteiger partial charge in [0.2, 0.25) is 12.7 Å². The number of nitrogens with zero attached hydrogens (tertiary/aromatic N) is 4. The van der Waals surface area contributed by atoms with Crippen LogP contribution in [-0.2, 0) is 6.54 Å². The first-order chi connectivity index (χ1) is 11.9. The lowest BCUT2D eigenvalue weighted by molar-refractivity contribution is 0.174. The van der Waals surface area contributed by atoms with Gasteiger partial charge in [-0.1, -0.05) is 0 Å². The highest BCUT2D eigenvalue weighted by Gasteiger charge is 2.13. The van der Waals surface area contributed by atoms with Gasteiger partial charge in [-0.05, 0) is 29.8 Å². The van der Waals surface area contributed by atoms with Crippen LogP contribution in [0.15, 0.2) is 48.9 Å². The molecule has 0 bridgehead atoms. The molecule has 1 aliphatic heterocycles. The predicted octanol–water partition coefficient (Wildman–Crippen LogP) is 2.35. The first-order valence-corrected chi connectivity index (χ1v) is 7.36. The number of aromatic nitrogens is 4. The summed E-state index contributed by atoms with van der Waals surface area (Å²) in [5.41, 5.74) is 1.92. The maximum atomic E-state index is 5.36. The molecule has 0 saturated carbocycles. The molecule has 4 rings (SSSR count). The third-order valence-corrected chi connectivity index (χ3v) is 3.40. The molecule has 0 fully saturated rings. The predicted molar refractivity (Wildman–Crippen MR) is 87.2 cm³/mol. The summed E-state index contributed by atoms with van der Waals surface area (Å²) in [5.74, 6) is 2.47. The molecule has 0 aliphatic carbocycles. The SMILES string of the molecule is c1cc(CNc2nncc(Nc3ccc4c(c3)OCO4)n2)ccn1. The van der Waals surface area contributed by atoms with E-state index >= 15 is 0 Å². The molecule has 3 heterocycles. The molecule has 1 aromatic carbocycles. The Bertz CT molecular complexity index is 843. The van der Waals surface area contributed by atoms with Crippen molar-refractivity contribution in [3.63, 3.8) is 0 Å². The molecule has 8 heteroatoms. The largest absolute Gasteiger partial charge is 0.454 e. The van der Waals surface area contributed by atoms with Gasteiger partial charge < -0.3 is 20.1 Å². The van der Waals surface area contributed by atoms with Crippen LogP contribution in [0, 0.1) is 0 Å². The molecule has 0 radical (unpaired) electrons. The van der Waals surface area contributed by atoms with Crippen molar-refractivity contribution >= 4 is 17.5 Å². The average molecular weight is 322 g/mol. The minimum Gasteiger partial charge on any atom is -0.454 e. The van der Waals surface area contributed by atoms with Crippen LogP contribution >= 0.6 is 0 Å². The van der Waals surface area contributed by atoms with Crippen LogP contribution in [0.4, 0.5) is 17.5 Å². The monoisotopic (exact) mass is 322 g/mol. The van der Waals surface area contributed by atoms with Crippen LogP contribution < -0.4 is 20.1 Å². The topological polar surface area (TPSA) is 94.1 Å². The van der Waals surface area contributed by atoms with E-state index in [4.69, 9.17) is 9.47 Å². The Kier molecular flexibility index (Phi) is 3.77. The molecule has 0 atom stereocenters. The van der Waals surface area contributed by atoms with E-state index < -0.39 is 0 Å². The molecular weight excluding hydrogens is 308 g/mol. The maximum absolute atomic E-state index is 5.36. The van der Waals surface area contributed by atoms with E-state index in [0.29, 0.717) is 24.1 Å². The van der Waals surface area contributed by atoms with Gasteiger partial charge in [0.15, 0.2) is 17.3 Å². The summed E-state index contributed by atoms with van der Waals surface area (Å²) < 4.78 is 10.7. The quantitative estimate of drug-likeness (QED) is 0.739. The molecule has 0 amide bonds. The first-order valence-electron chi connectivity index (χ1n) is 7.36. The fourth-order valence-electron chi connectivity index (χ4n) is 2.24. The molecular formula is C16H14N6O2. The molecule has 120 valence electrons. The third-order valence-electron chi connectivity index (χ3n) is 3.40.